The quantitative estimate of drug-likeness (QED) is 0.650. The summed E-state index contributed by atoms with van der Waals surface area (Å²) in [6.07, 6.45) is 1.80. The van der Waals surface area contributed by atoms with Gasteiger partial charge in [0, 0.05) is 6.08 Å². The number of nitrogens with one attached hydrogen (secondary N) is 1. The highest BCUT2D eigenvalue weighted by Crippen LogP contribution is 2.08. The Morgan fingerprint density at radius 1 is 1.31 bits per heavy atom. The molecule has 1 fully saturated rings. The summed E-state index contributed by atoms with van der Waals surface area (Å²) < 4.78 is 4.88. The van der Waals surface area contributed by atoms with Gasteiger partial charge in [0.1, 0.15) is 6.54 Å². The van der Waals surface area contributed by atoms with Crippen molar-refractivity contribution in [1.82, 2.24) is 5.32 Å². The Morgan fingerprint density at radius 2 is 2.08 bits per heavy atom. The third kappa shape index (κ3) is 1.87. The van der Waals surface area contributed by atoms with E-state index in [2.05, 4.69) is 5.32 Å². The lowest BCUT2D eigenvalue weighted by Crippen LogP contribution is -2.06. The van der Waals surface area contributed by atoms with Crippen molar-refractivity contribution in [3.05, 3.63) is 41.8 Å². The molecule has 0 atom stereocenters. The van der Waals surface area contributed by atoms with Gasteiger partial charge in [0.25, 0.3) is 0 Å². The zero-order valence-corrected chi connectivity index (χ0v) is 6.99. The van der Waals surface area contributed by atoms with E-state index in [-0.39, 0.29) is 12.5 Å². The molecule has 0 amide bonds. The first-order valence-electron chi connectivity index (χ1n) is 4.06. The molecule has 0 bridgehead atoms. The summed E-state index contributed by atoms with van der Waals surface area (Å²) in [6.45, 7) is 0.263. The SMILES string of the molecule is O=C1CNC(=Cc2ccccc2)O1. The van der Waals surface area contributed by atoms with E-state index in [9.17, 15) is 4.79 Å². The monoisotopic (exact) mass is 175 g/mol. The maximum Gasteiger partial charge on any atom is 0.332 e. The average Bonchev–Trinajstić information content (AvgIpc) is 2.53. The van der Waals surface area contributed by atoms with Crippen molar-refractivity contribution >= 4 is 12.0 Å². The van der Waals surface area contributed by atoms with Gasteiger partial charge in [-0.25, -0.2) is 4.79 Å². The van der Waals surface area contributed by atoms with E-state index in [0.717, 1.165) is 5.56 Å². The fourth-order valence-electron chi connectivity index (χ4n) is 1.14. The molecular formula is C10H9NO2. The summed E-state index contributed by atoms with van der Waals surface area (Å²) in [4.78, 5) is 10.7. The van der Waals surface area contributed by atoms with Gasteiger partial charge in [-0.2, -0.15) is 0 Å². The molecule has 1 aromatic rings. The minimum absolute atomic E-state index is 0.234. The summed E-state index contributed by atoms with van der Waals surface area (Å²) >= 11 is 0. The van der Waals surface area contributed by atoms with Crippen molar-refractivity contribution in [1.29, 1.82) is 0 Å². The minimum Gasteiger partial charge on any atom is -0.409 e. The summed E-state index contributed by atoms with van der Waals surface area (Å²) in [5, 5.41) is 2.84. The van der Waals surface area contributed by atoms with Crippen molar-refractivity contribution in [3.63, 3.8) is 0 Å². The predicted octanol–water partition coefficient (Wildman–Crippen LogP) is 1.13. The summed E-state index contributed by atoms with van der Waals surface area (Å²) in [5.74, 6) is 0.290. The van der Waals surface area contributed by atoms with Crippen LogP contribution in [-0.4, -0.2) is 12.5 Å². The highest BCUT2D eigenvalue weighted by molar-refractivity contribution is 5.77. The van der Waals surface area contributed by atoms with Gasteiger partial charge in [-0.15, -0.1) is 0 Å². The lowest BCUT2D eigenvalue weighted by atomic mass is 10.2. The van der Waals surface area contributed by atoms with E-state index >= 15 is 0 Å². The Bertz CT molecular complexity index is 343. The first kappa shape index (κ1) is 7.86. The molecule has 0 unspecified atom stereocenters. The zero-order chi connectivity index (χ0) is 9.10. The van der Waals surface area contributed by atoms with Gasteiger partial charge >= 0.3 is 5.97 Å². The van der Waals surface area contributed by atoms with Crippen LogP contribution in [0.3, 0.4) is 0 Å². The van der Waals surface area contributed by atoms with Gasteiger partial charge in [0.05, 0.1) is 0 Å². The molecule has 1 aliphatic rings. The largest absolute Gasteiger partial charge is 0.409 e. The third-order valence-corrected chi connectivity index (χ3v) is 1.73. The lowest BCUT2D eigenvalue weighted by molar-refractivity contribution is -0.134. The molecular weight excluding hydrogens is 166 g/mol. The second-order valence-electron chi connectivity index (χ2n) is 2.75. The van der Waals surface area contributed by atoms with E-state index in [1.165, 1.54) is 0 Å². The van der Waals surface area contributed by atoms with Crippen molar-refractivity contribution in [2.75, 3.05) is 6.54 Å². The molecule has 1 aliphatic heterocycles. The fraction of sp³-hybridized carbons (Fsp3) is 0.100. The minimum atomic E-state index is -0.234. The maximum absolute atomic E-state index is 10.7. The van der Waals surface area contributed by atoms with E-state index in [1.54, 1.807) is 6.08 Å². The summed E-state index contributed by atoms with van der Waals surface area (Å²) in [7, 11) is 0. The van der Waals surface area contributed by atoms with Gasteiger partial charge in [0.15, 0.2) is 5.88 Å². The number of carbonyl (C=O) groups is 1. The second-order valence-corrected chi connectivity index (χ2v) is 2.75. The van der Waals surface area contributed by atoms with E-state index in [1.807, 2.05) is 30.3 Å². The molecule has 0 aliphatic carbocycles. The van der Waals surface area contributed by atoms with Crippen molar-refractivity contribution in [2.45, 2.75) is 0 Å². The molecule has 0 radical (unpaired) electrons. The Hall–Kier alpha value is -1.77. The van der Waals surface area contributed by atoms with Crippen LogP contribution in [0.5, 0.6) is 0 Å². The van der Waals surface area contributed by atoms with Crippen LogP contribution < -0.4 is 5.32 Å². The van der Waals surface area contributed by atoms with Crippen LogP contribution in [0.4, 0.5) is 0 Å². The van der Waals surface area contributed by atoms with Crippen LogP contribution >= 0.6 is 0 Å². The standard InChI is InChI=1S/C10H9NO2/c12-10-7-11-9(13-10)6-8-4-2-1-3-5-8/h1-6,11H,7H2. The van der Waals surface area contributed by atoms with E-state index in [0.29, 0.717) is 5.88 Å². The molecule has 3 heteroatoms. The van der Waals surface area contributed by atoms with Gasteiger partial charge in [-0.05, 0) is 5.56 Å². The number of benzene rings is 1. The third-order valence-electron chi connectivity index (χ3n) is 1.73. The Balaban J connectivity index is 2.17. The molecule has 66 valence electrons. The van der Waals surface area contributed by atoms with Crippen LogP contribution in [0.1, 0.15) is 5.56 Å². The fourth-order valence-corrected chi connectivity index (χ4v) is 1.14. The number of cyclic esters (lactones) is 1. The molecule has 3 nitrogen and oxygen atoms in total. The highest BCUT2D eigenvalue weighted by Gasteiger charge is 2.14. The van der Waals surface area contributed by atoms with E-state index < -0.39 is 0 Å². The van der Waals surface area contributed by atoms with E-state index in [4.69, 9.17) is 4.74 Å². The maximum atomic E-state index is 10.7. The van der Waals surface area contributed by atoms with Gasteiger partial charge in [-0.1, -0.05) is 30.3 Å². The number of ether oxygens (including phenoxy) is 1. The Kier molecular flexibility index (Phi) is 2.00. The summed E-state index contributed by atoms with van der Waals surface area (Å²) in [5.41, 5.74) is 1.01. The number of hydrogen-bond donors (Lipinski definition) is 1. The molecule has 1 aromatic carbocycles. The second kappa shape index (κ2) is 3.31. The normalized spacial score (nSPS) is 18.5. The van der Waals surface area contributed by atoms with Crippen LogP contribution in [0.2, 0.25) is 0 Å². The molecule has 1 N–H and O–H groups in total. The van der Waals surface area contributed by atoms with Gasteiger partial charge < -0.3 is 10.1 Å². The van der Waals surface area contributed by atoms with Crippen molar-refractivity contribution in [3.8, 4) is 0 Å². The van der Waals surface area contributed by atoms with Crippen LogP contribution in [0.25, 0.3) is 6.08 Å². The lowest BCUT2D eigenvalue weighted by Gasteiger charge is -1.96. The predicted molar refractivity (Wildman–Crippen MR) is 48.5 cm³/mol. The van der Waals surface area contributed by atoms with Crippen LogP contribution in [0.15, 0.2) is 36.2 Å². The molecule has 2 rings (SSSR count). The average molecular weight is 175 g/mol. The molecule has 0 saturated carbocycles. The Morgan fingerprint density at radius 3 is 2.69 bits per heavy atom. The van der Waals surface area contributed by atoms with Crippen molar-refractivity contribution < 1.29 is 9.53 Å². The topological polar surface area (TPSA) is 38.3 Å². The molecule has 1 saturated heterocycles. The smallest absolute Gasteiger partial charge is 0.332 e. The first-order chi connectivity index (χ1) is 6.34. The number of hydrogen-bond acceptors (Lipinski definition) is 3. The number of rotatable bonds is 1. The van der Waals surface area contributed by atoms with Gasteiger partial charge in [-0.3, -0.25) is 0 Å². The number of esters is 1. The highest BCUT2D eigenvalue weighted by atomic mass is 16.6. The molecule has 13 heavy (non-hydrogen) atoms. The van der Waals surface area contributed by atoms with Gasteiger partial charge in [0.2, 0.25) is 0 Å². The molecule has 0 spiro atoms. The number of carbonyl (C=O) groups excluding carboxylic acids is 1. The summed E-state index contributed by atoms with van der Waals surface area (Å²) in [6, 6.07) is 9.70. The Labute approximate surface area is 76.0 Å². The van der Waals surface area contributed by atoms with Crippen LogP contribution in [-0.2, 0) is 9.53 Å². The van der Waals surface area contributed by atoms with Crippen molar-refractivity contribution in [2.24, 2.45) is 0 Å². The zero-order valence-electron chi connectivity index (χ0n) is 6.99. The molecule has 1 heterocycles. The molecule has 0 aromatic heterocycles. The van der Waals surface area contributed by atoms with Crippen LogP contribution in [0, 0.1) is 0 Å². The first-order valence-corrected chi connectivity index (χ1v) is 4.06.